The number of fused-ring (bicyclic) bond motifs is 1. The third-order valence-electron chi connectivity index (χ3n) is 4.91. The standard InChI is InChI=1S/C18H16ClFN2O3S/c1-11-2-5-14(8-15(11)19)22-17-10-26(24,25)9-16(17)21(18(22)23)13-6-3-12(20)4-7-13/h2-8,16-17H,9-10H2,1H3. The highest BCUT2D eigenvalue weighted by molar-refractivity contribution is 7.91. The van der Waals surface area contributed by atoms with Crippen LogP contribution >= 0.6 is 11.6 Å². The van der Waals surface area contributed by atoms with Gasteiger partial charge in [-0.25, -0.2) is 17.6 Å². The summed E-state index contributed by atoms with van der Waals surface area (Å²) in [6.07, 6.45) is 0. The first-order valence-corrected chi connectivity index (χ1v) is 10.3. The molecule has 5 nitrogen and oxygen atoms in total. The number of aryl methyl sites for hydroxylation is 1. The van der Waals surface area contributed by atoms with Gasteiger partial charge in [-0.05, 0) is 48.9 Å². The molecule has 2 aromatic rings. The number of sulfone groups is 1. The van der Waals surface area contributed by atoms with E-state index < -0.39 is 27.7 Å². The third-order valence-corrected chi connectivity index (χ3v) is 7.01. The number of rotatable bonds is 2. The predicted octanol–water partition coefficient (Wildman–Crippen LogP) is 3.40. The van der Waals surface area contributed by atoms with E-state index in [4.69, 9.17) is 11.6 Å². The largest absolute Gasteiger partial charge is 0.329 e. The Kier molecular flexibility index (Phi) is 3.96. The van der Waals surface area contributed by atoms with Gasteiger partial charge in [-0.15, -0.1) is 0 Å². The molecule has 0 saturated carbocycles. The van der Waals surface area contributed by atoms with Gasteiger partial charge >= 0.3 is 6.03 Å². The molecule has 4 rings (SSSR count). The number of benzene rings is 2. The fourth-order valence-electron chi connectivity index (χ4n) is 3.64. The number of halogens is 2. The van der Waals surface area contributed by atoms with E-state index in [0.29, 0.717) is 16.4 Å². The van der Waals surface area contributed by atoms with Crippen LogP contribution < -0.4 is 9.80 Å². The molecule has 0 radical (unpaired) electrons. The Morgan fingerprint density at radius 3 is 2.12 bits per heavy atom. The zero-order chi connectivity index (χ0) is 18.6. The van der Waals surface area contributed by atoms with Crippen LogP contribution in [-0.2, 0) is 9.84 Å². The monoisotopic (exact) mass is 394 g/mol. The minimum absolute atomic E-state index is 0.105. The Hall–Kier alpha value is -2.12. The zero-order valence-electron chi connectivity index (χ0n) is 13.9. The highest BCUT2D eigenvalue weighted by Gasteiger charge is 2.54. The van der Waals surface area contributed by atoms with Crippen LogP contribution in [0.1, 0.15) is 5.56 Å². The van der Waals surface area contributed by atoms with Crippen LogP contribution in [0.15, 0.2) is 42.5 Å². The van der Waals surface area contributed by atoms with Gasteiger partial charge in [0, 0.05) is 16.4 Å². The molecule has 26 heavy (non-hydrogen) atoms. The van der Waals surface area contributed by atoms with Gasteiger partial charge in [0.25, 0.3) is 0 Å². The Labute approximate surface area is 155 Å². The van der Waals surface area contributed by atoms with Gasteiger partial charge < -0.3 is 0 Å². The highest BCUT2D eigenvalue weighted by atomic mass is 35.5. The van der Waals surface area contributed by atoms with Crippen molar-refractivity contribution in [3.63, 3.8) is 0 Å². The summed E-state index contributed by atoms with van der Waals surface area (Å²) in [4.78, 5) is 16.1. The molecule has 2 aliphatic rings. The third kappa shape index (κ3) is 2.75. The number of urea groups is 1. The Morgan fingerprint density at radius 2 is 1.54 bits per heavy atom. The fraction of sp³-hybridized carbons (Fsp3) is 0.278. The van der Waals surface area contributed by atoms with E-state index >= 15 is 0 Å². The summed E-state index contributed by atoms with van der Waals surface area (Å²) in [7, 11) is -3.28. The van der Waals surface area contributed by atoms with Crippen molar-refractivity contribution in [2.45, 2.75) is 19.0 Å². The molecular formula is C18H16ClFN2O3S. The Morgan fingerprint density at radius 1 is 1.00 bits per heavy atom. The molecule has 2 amide bonds. The van der Waals surface area contributed by atoms with E-state index in [1.807, 2.05) is 6.92 Å². The van der Waals surface area contributed by atoms with Crippen LogP contribution in [0.5, 0.6) is 0 Å². The molecule has 0 aliphatic carbocycles. The normalized spacial score (nSPS) is 24.2. The Bertz CT molecular complexity index is 994. The number of hydrogen-bond acceptors (Lipinski definition) is 3. The number of carbonyl (C=O) groups excluding carboxylic acids is 1. The van der Waals surface area contributed by atoms with E-state index in [1.165, 1.54) is 34.1 Å². The van der Waals surface area contributed by atoms with Crippen molar-refractivity contribution in [2.24, 2.45) is 0 Å². The van der Waals surface area contributed by atoms with Gasteiger partial charge in [0.05, 0.1) is 23.6 Å². The van der Waals surface area contributed by atoms with Crippen molar-refractivity contribution in [1.82, 2.24) is 0 Å². The van der Waals surface area contributed by atoms with Gasteiger partial charge in [-0.3, -0.25) is 9.80 Å². The second-order valence-corrected chi connectivity index (χ2v) is 9.21. The predicted molar refractivity (Wildman–Crippen MR) is 99.2 cm³/mol. The van der Waals surface area contributed by atoms with Gasteiger partial charge in [0.15, 0.2) is 9.84 Å². The molecule has 136 valence electrons. The van der Waals surface area contributed by atoms with Crippen molar-refractivity contribution in [1.29, 1.82) is 0 Å². The smallest absolute Gasteiger partial charge is 0.288 e. The lowest BCUT2D eigenvalue weighted by Gasteiger charge is -2.23. The molecule has 2 heterocycles. The first-order valence-electron chi connectivity index (χ1n) is 8.11. The maximum atomic E-state index is 13.3. The summed E-state index contributed by atoms with van der Waals surface area (Å²) >= 11 is 6.20. The quantitative estimate of drug-likeness (QED) is 0.733. The number of nitrogens with zero attached hydrogens (tertiary/aromatic N) is 2. The second kappa shape index (κ2) is 5.96. The van der Waals surface area contributed by atoms with Crippen molar-refractivity contribution < 1.29 is 17.6 Å². The molecule has 0 spiro atoms. The molecule has 2 aromatic carbocycles. The van der Waals surface area contributed by atoms with Crippen LogP contribution in [0.25, 0.3) is 0 Å². The fourth-order valence-corrected chi connectivity index (χ4v) is 5.73. The van der Waals surface area contributed by atoms with Crippen molar-refractivity contribution in [2.75, 3.05) is 21.3 Å². The lowest BCUT2D eigenvalue weighted by molar-refractivity contribution is 0.255. The first kappa shape index (κ1) is 17.3. The molecule has 0 N–H and O–H groups in total. The lowest BCUT2D eigenvalue weighted by Crippen LogP contribution is -2.37. The van der Waals surface area contributed by atoms with Crippen LogP contribution in [0.4, 0.5) is 20.6 Å². The van der Waals surface area contributed by atoms with Crippen molar-refractivity contribution in [3.8, 4) is 0 Å². The number of carbonyl (C=O) groups is 1. The highest BCUT2D eigenvalue weighted by Crippen LogP contribution is 2.38. The topological polar surface area (TPSA) is 57.7 Å². The minimum atomic E-state index is -3.28. The Balaban J connectivity index is 1.81. The van der Waals surface area contributed by atoms with Crippen LogP contribution in [-0.4, -0.2) is 38.0 Å². The molecule has 2 saturated heterocycles. The number of anilines is 2. The van der Waals surface area contributed by atoms with Crippen LogP contribution in [0.3, 0.4) is 0 Å². The van der Waals surface area contributed by atoms with E-state index in [1.54, 1.807) is 18.2 Å². The average Bonchev–Trinajstić information content (AvgIpc) is 3.00. The summed E-state index contributed by atoms with van der Waals surface area (Å²) < 4.78 is 37.7. The molecule has 2 atom stereocenters. The molecule has 2 unspecified atom stereocenters. The molecule has 8 heteroatoms. The van der Waals surface area contributed by atoms with Gasteiger partial charge in [0.2, 0.25) is 0 Å². The molecule has 2 fully saturated rings. The van der Waals surface area contributed by atoms with E-state index in [2.05, 4.69) is 0 Å². The van der Waals surface area contributed by atoms with Crippen molar-refractivity contribution >= 4 is 38.8 Å². The SMILES string of the molecule is Cc1ccc(N2C(=O)N(c3ccc(F)cc3)C3CS(=O)(=O)CC32)cc1Cl. The van der Waals surface area contributed by atoms with E-state index in [-0.39, 0.29) is 17.5 Å². The summed E-state index contributed by atoms with van der Waals surface area (Å²) in [6, 6.07) is 9.36. The van der Waals surface area contributed by atoms with Gasteiger partial charge in [0.1, 0.15) is 5.82 Å². The van der Waals surface area contributed by atoms with Gasteiger partial charge in [-0.1, -0.05) is 17.7 Å². The molecule has 0 aromatic heterocycles. The zero-order valence-corrected chi connectivity index (χ0v) is 15.5. The summed E-state index contributed by atoms with van der Waals surface area (Å²) in [5.41, 5.74) is 1.90. The maximum Gasteiger partial charge on any atom is 0.329 e. The molecular weight excluding hydrogens is 379 g/mol. The summed E-state index contributed by atoms with van der Waals surface area (Å²) in [5, 5.41) is 0.507. The van der Waals surface area contributed by atoms with E-state index in [9.17, 15) is 17.6 Å². The second-order valence-electron chi connectivity index (χ2n) is 6.64. The first-order chi connectivity index (χ1) is 12.3. The van der Waals surface area contributed by atoms with Crippen LogP contribution in [0, 0.1) is 12.7 Å². The van der Waals surface area contributed by atoms with Crippen LogP contribution in [0.2, 0.25) is 5.02 Å². The maximum absolute atomic E-state index is 13.3. The number of hydrogen-bond donors (Lipinski definition) is 0. The average molecular weight is 395 g/mol. The molecule has 2 aliphatic heterocycles. The summed E-state index contributed by atoms with van der Waals surface area (Å²) in [6.45, 7) is 1.85. The summed E-state index contributed by atoms with van der Waals surface area (Å²) in [5.74, 6) is -0.637. The van der Waals surface area contributed by atoms with E-state index in [0.717, 1.165) is 5.56 Å². The number of amides is 2. The molecule has 0 bridgehead atoms. The van der Waals surface area contributed by atoms with Crippen molar-refractivity contribution in [3.05, 3.63) is 58.9 Å². The van der Waals surface area contributed by atoms with Gasteiger partial charge in [-0.2, -0.15) is 0 Å². The minimum Gasteiger partial charge on any atom is -0.288 e. The lowest BCUT2D eigenvalue weighted by atomic mass is 10.1.